The van der Waals surface area contributed by atoms with Gasteiger partial charge in [-0.3, -0.25) is 4.79 Å². The van der Waals surface area contributed by atoms with Crippen molar-refractivity contribution in [1.29, 1.82) is 0 Å². The second-order valence-electron chi connectivity index (χ2n) is 5.76. The number of cyclic esters (lactones) is 1. The van der Waals surface area contributed by atoms with Gasteiger partial charge in [0, 0.05) is 21.7 Å². The highest BCUT2D eigenvalue weighted by Gasteiger charge is 2.32. The summed E-state index contributed by atoms with van der Waals surface area (Å²) >= 11 is 1.62. The first-order valence-corrected chi connectivity index (χ1v) is 8.83. The second kappa shape index (κ2) is 6.53. The standard InChI is InChI=1S/C20H15NO3S/c22-19(12-17-13-6-1-2-7-14(13)20(23)24-17)21-16-9-4-3-8-15(16)18-10-5-11-25-18/h1-11,17H,12H2,(H,21,22). The van der Waals surface area contributed by atoms with Crippen LogP contribution in [0.15, 0.2) is 66.0 Å². The molecular formula is C20H15NO3S. The second-order valence-corrected chi connectivity index (χ2v) is 6.70. The molecule has 1 aliphatic rings. The molecule has 0 spiro atoms. The van der Waals surface area contributed by atoms with Crippen molar-refractivity contribution in [3.05, 3.63) is 77.2 Å². The van der Waals surface area contributed by atoms with Crippen molar-refractivity contribution >= 4 is 28.9 Å². The van der Waals surface area contributed by atoms with E-state index in [9.17, 15) is 9.59 Å². The Morgan fingerprint density at radius 3 is 2.56 bits per heavy atom. The fraction of sp³-hybridized carbons (Fsp3) is 0.100. The molecule has 1 aliphatic heterocycles. The van der Waals surface area contributed by atoms with Gasteiger partial charge < -0.3 is 10.1 Å². The van der Waals surface area contributed by atoms with Crippen LogP contribution < -0.4 is 5.32 Å². The number of para-hydroxylation sites is 1. The molecular weight excluding hydrogens is 334 g/mol. The van der Waals surface area contributed by atoms with Gasteiger partial charge in [-0.25, -0.2) is 4.79 Å². The van der Waals surface area contributed by atoms with Crippen molar-refractivity contribution in [1.82, 2.24) is 0 Å². The number of nitrogens with one attached hydrogen (secondary N) is 1. The molecule has 25 heavy (non-hydrogen) atoms. The van der Waals surface area contributed by atoms with Gasteiger partial charge in [-0.2, -0.15) is 0 Å². The number of thiophene rings is 1. The van der Waals surface area contributed by atoms with Crippen molar-refractivity contribution < 1.29 is 14.3 Å². The average Bonchev–Trinajstić information content (AvgIpc) is 3.25. The van der Waals surface area contributed by atoms with Crippen LogP contribution in [0.2, 0.25) is 0 Å². The number of rotatable bonds is 4. The topological polar surface area (TPSA) is 55.4 Å². The lowest BCUT2D eigenvalue weighted by atomic mass is 10.0. The Bertz CT molecular complexity index is 934. The number of carbonyl (C=O) groups is 2. The van der Waals surface area contributed by atoms with Gasteiger partial charge in [0.15, 0.2) is 0 Å². The highest BCUT2D eigenvalue weighted by molar-refractivity contribution is 7.13. The third kappa shape index (κ3) is 3.06. The molecule has 4 rings (SSSR count). The van der Waals surface area contributed by atoms with Gasteiger partial charge in [-0.1, -0.05) is 42.5 Å². The number of hydrogen-bond acceptors (Lipinski definition) is 4. The summed E-state index contributed by atoms with van der Waals surface area (Å²) < 4.78 is 5.34. The van der Waals surface area contributed by atoms with Crippen LogP contribution in [0, 0.1) is 0 Å². The molecule has 1 atom stereocenters. The Balaban J connectivity index is 1.52. The van der Waals surface area contributed by atoms with Crippen LogP contribution >= 0.6 is 11.3 Å². The molecule has 124 valence electrons. The first-order chi connectivity index (χ1) is 12.2. The molecule has 5 heteroatoms. The van der Waals surface area contributed by atoms with Crippen LogP contribution in [0.3, 0.4) is 0 Å². The van der Waals surface area contributed by atoms with Crippen LogP contribution in [0.5, 0.6) is 0 Å². The number of esters is 1. The molecule has 2 aromatic carbocycles. The van der Waals surface area contributed by atoms with Crippen molar-refractivity contribution in [2.24, 2.45) is 0 Å². The molecule has 0 bridgehead atoms. The monoisotopic (exact) mass is 349 g/mol. The van der Waals surface area contributed by atoms with Gasteiger partial charge in [-0.15, -0.1) is 11.3 Å². The summed E-state index contributed by atoms with van der Waals surface area (Å²) in [7, 11) is 0. The lowest BCUT2D eigenvalue weighted by Gasteiger charge is -2.13. The number of benzene rings is 2. The van der Waals surface area contributed by atoms with Gasteiger partial charge in [-0.05, 0) is 23.6 Å². The van der Waals surface area contributed by atoms with Gasteiger partial charge in [0.2, 0.25) is 5.91 Å². The van der Waals surface area contributed by atoms with E-state index in [-0.39, 0.29) is 18.3 Å². The molecule has 0 radical (unpaired) electrons. The molecule has 3 aromatic rings. The summed E-state index contributed by atoms with van der Waals surface area (Å²) in [6, 6.07) is 18.9. The molecule has 1 N–H and O–H groups in total. The molecule has 0 saturated carbocycles. The Morgan fingerprint density at radius 2 is 1.76 bits per heavy atom. The minimum absolute atomic E-state index is 0.0987. The number of carbonyl (C=O) groups excluding carboxylic acids is 2. The zero-order valence-electron chi connectivity index (χ0n) is 13.3. The lowest BCUT2D eigenvalue weighted by Crippen LogP contribution is -2.16. The van der Waals surface area contributed by atoms with E-state index >= 15 is 0 Å². The van der Waals surface area contributed by atoms with Crippen LogP contribution in [-0.2, 0) is 9.53 Å². The fourth-order valence-electron chi connectivity index (χ4n) is 2.98. The van der Waals surface area contributed by atoms with Gasteiger partial charge in [0.05, 0.1) is 12.0 Å². The van der Waals surface area contributed by atoms with E-state index in [0.29, 0.717) is 5.56 Å². The van der Waals surface area contributed by atoms with E-state index in [4.69, 9.17) is 4.74 Å². The maximum atomic E-state index is 12.5. The summed E-state index contributed by atoms with van der Waals surface area (Å²) in [4.78, 5) is 25.5. The minimum atomic E-state index is -0.530. The first-order valence-electron chi connectivity index (χ1n) is 7.95. The van der Waals surface area contributed by atoms with E-state index in [1.54, 1.807) is 23.5 Å². The van der Waals surface area contributed by atoms with E-state index in [2.05, 4.69) is 5.32 Å². The van der Waals surface area contributed by atoms with Crippen LogP contribution in [0.25, 0.3) is 10.4 Å². The maximum absolute atomic E-state index is 12.5. The van der Waals surface area contributed by atoms with E-state index < -0.39 is 6.10 Å². The van der Waals surface area contributed by atoms with Crippen molar-refractivity contribution in [3.8, 4) is 10.4 Å². The summed E-state index contributed by atoms with van der Waals surface area (Å²) in [5.41, 5.74) is 3.05. The number of ether oxygens (including phenoxy) is 1. The Labute approximate surface area is 149 Å². The predicted molar refractivity (Wildman–Crippen MR) is 97.6 cm³/mol. The first kappa shape index (κ1) is 15.6. The number of fused-ring (bicyclic) bond motifs is 1. The van der Waals surface area contributed by atoms with E-state index in [1.807, 2.05) is 53.9 Å². The number of hydrogen-bond donors (Lipinski definition) is 1. The predicted octanol–water partition coefficient (Wildman–Crippen LogP) is 4.66. The SMILES string of the molecule is O=C(CC1OC(=O)c2ccccc21)Nc1ccccc1-c1cccs1. The lowest BCUT2D eigenvalue weighted by molar-refractivity contribution is -0.118. The Kier molecular flexibility index (Phi) is 4.07. The number of anilines is 1. The van der Waals surface area contributed by atoms with E-state index in [1.165, 1.54) is 0 Å². The Hall–Kier alpha value is -2.92. The normalized spacial score (nSPS) is 15.5. The molecule has 4 nitrogen and oxygen atoms in total. The van der Waals surface area contributed by atoms with Crippen LogP contribution in [-0.4, -0.2) is 11.9 Å². The van der Waals surface area contributed by atoms with E-state index in [0.717, 1.165) is 21.7 Å². The summed E-state index contributed by atoms with van der Waals surface area (Å²) in [5, 5.41) is 4.95. The van der Waals surface area contributed by atoms with Crippen LogP contribution in [0.4, 0.5) is 5.69 Å². The smallest absolute Gasteiger partial charge is 0.339 e. The molecule has 1 amide bonds. The molecule has 0 aliphatic carbocycles. The maximum Gasteiger partial charge on any atom is 0.339 e. The third-order valence-electron chi connectivity index (χ3n) is 4.14. The minimum Gasteiger partial charge on any atom is -0.453 e. The average molecular weight is 349 g/mol. The number of amides is 1. The highest BCUT2D eigenvalue weighted by atomic mass is 32.1. The fourth-order valence-corrected chi connectivity index (χ4v) is 3.75. The van der Waals surface area contributed by atoms with Crippen molar-refractivity contribution in [2.45, 2.75) is 12.5 Å². The zero-order valence-corrected chi connectivity index (χ0v) is 14.1. The molecule has 2 heterocycles. The highest BCUT2D eigenvalue weighted by Crippen LogP contribution is 2.34. The molecule has 0 saturated heterocycles. The molecule has 1 aromatic heterocycles. The Morgan fingerprint density at radius 1 is 1.00 bits per heavy atom. The third-order valence-corrected chi connectivity index (χ3v) is 5.04. The van der Waals surface area contributed by atoms with Gasteiger partial charge >= 0.3 is 5.97 Å². The molecule has 0 fully saturated rings. The van der Waals surface area contributed by atoms with Crippen molar-refractivity contribution in [2.75, 3.05) is 5.32 Å². The summed E-state index contributed by atoms with van der Waals surface area (Å²) in [6.45, 7) is 0. The van der Waals surface area contributed by atoms with Crippen LogP contribution in [0.1, 0.15) is 28.4 Å². The van der Waals surface area contributed by atoms with Gasteiger partial charge in [0.25, 0.3) is 0 Å². The summed E-state index contributed by atoms with van der Waals surface area (Å²) in [6.07, 6.45) is -0.431. The zero-order chi connectivity index (χ0) is 17.2. The largest absolute Gasteiger partial charge is 0.453 e. The quantitative estimate of drug-likeness (QED) is 0.697. The molecule has 1 unspecified atom stereocenters. The summed E-state index contributed by atoms with van der Waals surface area (Å²) in [5.74, 6) is -0.550. The van der Waals surface area contributed by atoms with Gasteiger partial charge in [0.1, 0.15) is 6.10 Å². The van der Waals surface area contributed by atoms with Crippen molar-refractivity contribution in [3.63, 3.8) is 0 Å².